The van der Waals surface area contributed by atoms with Crippen LogP contribution in [-0.2, 0) is 9.59 Å². The predicted octanol–water partition coefficient (Wildman–Crippen LogP) is 2.72. The molecule has 0 aromatic heterocycles. The van der Waals surface area contributed by atoms with Gasteiger partial charge in [-0.25, -0.2) is 0 Å². The third kappa shape index (κ3) is 7.38. The predicted molar refractivity (Wildman–Crippen MR) is 115 cm³/mol. The molecular weight excluding hydrogens is 368 g/mol. The summed E-state index contributed by atoms with van der Waals surface area (Å²) in [5.41, 5.74) is 1.46. The summed E-state index contributed by atoms with van der Waals surface area (Å²) in [7, 11) is 0. The van der Waals surface area contributed by atoms with Crippen LogP contribution in [0.3, 0.4) is 0 Å². The quantitative estimate of drug-likeness (QED) is 0.608. The molecule has 0 bridgehead atoms. The number of carbonyl (C=O) groups excluding carboxylic acids is 3. The third-order valence-electron chi connectivity index (χ3n) is 4.11. The molecule has 2 aromatic rings. The zero-order valence-corrected chi connectivity index (χ0v) is 17.1. The van der Waals surface area contributed by atoms with E-state index in [1.165, 1.54) is 0 Å². The fourth-order valence-electron chi connectivity index (χ4n) is 2.75. The van der Waals surface area contributed by atoms with Crippen molar-refractivity contribution in [1.82, 2.24) is 10.2 Å². The van der Waals surface area contributed by atoms with Crippen LogP contribution >= 0.6 is 0 Å². The van der Waals surface area contributed by atoms with E-state index >= 15 is 0 Å². The van der Waals surface area contributed by atoms with E-state index in [-0.39, 0.29) is 36.9 Å². The van der Waals surface area contributed by atoms with Crippen LogP contribution < -0.4 is 16.0 Å². The number of amides is 3. The second-order valence-electron chi connectivity index (χ2n) is 6.94. The van der Waals surface area contributed by atoms with Crippen LogP contribution in [0.5, 0.6) is 0 Å². The number of hydrogen-bond acceptors (Lipinski definition) is 4. The second kappa shape index (κ2) is 11.0. The number of nitrogens with one attached hydrogen (secondary N) is 3. The summed E-state index contributed by atoms with van der Waals surface area (Å²) >= 11 is 0. The van der Waals surface area contributed by atoms with E-state index < -0.39 is 0 Å². The van der Waals surface area contributed by atoms with Crippen LogP contribution in [0.2, 0.25) is 0 Å². The summed E-state index contributed by atoms with van der Waals surface area (Å²) in [4.78, 5) is 38.8. The minimum absolute atomic E-state index is 0.0463. The summed E-state index contributed by atoms with van der Waals surface area (Å²) in [6.45, 7) is 6.40. The van der Waals surface area contributed by atoms with Gasteiger partial charge in [-0.05, 0) is 44.7 Å². The average molecular weight is 396 g/mol. The van der Waals surface area contributed by atoms with Gasteiger partial charge in [0.2, 0.25) is 11.8 Å². The lowest BCUT2D eigenvalue weighted by atomic mass is 10.1. The maximum Gasteiger partial charge on any atom is 0.257 e. The maximum atomic E-state index is 12.6. The van der Waals surface area contributed by atoms with Gasteiger partial charge in [-0.3, -0.25) is 19.3 Å². The fourth-order valence-corrected chi connectivity index (χ4v) is 2.75. The van der Waals surface area contributed by atoms with Crippen LogP contribution in [0.15, 0.2) is 54.6 Å². The molecule has 0 aliphatic carbocycles. The molecule has 7 heteroatoms. The van der Waals surface area contributed by atoms with Crippen LogP contribution in [0.25, 0.3) is 0 Å². The van der Waals surface area contributed by atoms with Gasteiger partial charge in [-0.15, -0.1) is 0 Å². The van der Waals surface area contributed by atoms with Crippen molar-refractivity contribution in [1.29, 1.82) is 0 Å². The number of rotatable bonds is 9. The standard InChI is InChI=1S/C22H28N4O3/c1-4-26(14-20(27)23-16(2)3)15-21(28)25-19-13-9-8-12-18(19)22(29)24-17-10-6-5-7-11-17/h5-13,16H,4,14-15H2,1-3H3,(H,23,27)(H,24,29)(H,25,28). The van der Waals surface area contributed by atoms with Crippen molar-refractivity contribution in [2.75, 3.05) is 30.3 Å². The van der Waals surface area contributed by atoms with Gasteiger partial charge in [0.25, 0.3) is 5.91 Å². The number of likely N-dealkylation sites (N-methyl/N-ethyl adjacent to an activating group) is 1. The Bertz CT molecular complexity index is 837. The highest BCUT2D eigenvalue weighted by Gasteiger charge is 2.17. The number of nitrogens with zero attached hydrogens (tertiary/aromatic N) is 1. The SMILES string of the molecule is CCN(CC(=O)Nc1ccccc1C(=O)Nc1ccccc1)CC(=O)NC(C)C. The fraction of sp³-hybridized carbons (Fsp3) is 0.318. The van der Waals surface area contributed by atoms with Crippen molar-refractivity contribution in [2.45, 2.75) is 26.8 Å². The van der Waals surface area contributed by atoms with E-state index in [0.717, 1.165) is 0 Å². The first-order valence-electron chi connectivity index (χ1n) is 9.66. The summed E-state index contributed by atoms with van der Waals surface area (Å²) in [6.07, 6.45) is 0. The lowest BCUT2D eigenvalue weighted by Gasteiger charge is -2.20. The van der Waals surface area contributed by atoms with Crippen LogP contribution in [0.1, 0.15) is 31.1 Å². The molecule has 2 aromatic carbocycles. The average Bonchev–Trinajstić information content (AvgIpc) is 2.68. The molecule has 2 rings (SSSR count). The number of para-hydroxylation sites is 2. The van der Waals surface area contributed by atoms with Crippen molar-refractivity contribution in [2.24, 2.45) is 0 Å². The van der Waals surface area contributed by atoms with E-state index in [2.05, 4.69) is 16.0 Å². The topological polar surface area (TPSA) is 90.5 Å². The lowest BCUT2D eigenvalue weighted by Crippen LogP contribution is -2.42. The van der Waals surface area contributed by atoms with Gasteiger partial charge in [0.1, 0.15) is 0 Å². The van der Waals surface area contributed by atoms with E-state index in [0.29, 0.717) is 23.5 Å². The Labute approximate surface area is 171 Å². The first-order chi connectivity index (χ1) is 13.9. The normalized spacial score (nSPS) is 10.7. The highest BCUT2D eigenvalue weighted by molar-refractivity contribution is 6.10. The van der Waals surface area contributed by atoms with Crippen LogP contribution in [0, 0.1) is 0 Å². The number of benzene rings is 2. The van der Waals surface area contributed by atoms with E-state index in [1.54, 1.807) is 41.3 Å². The first-order valence-corrected chi connectivity index (χ1v) is 9.66. The smallest absolute Gasteiger partial charge is 0.257 e. The number of carbonyl (C=O) groups is 3. The highest BCUT2D eigenvalue weighted by atomic mass is 16.2. The largest absolute Gasteiger partial charge is 0.353 e. The van der Waals surface area contributed by atoms with Crippen LogP contribution in [-0.4, -0.2) is 48.3 Å². The van der Waals surface area contributed by atoms with Gasteiger partial charge in [0, 0.05) is 11.7 Å². The molecule has 0 atom stereocenters. The molecule has 0 saturated heterocycles. The molecule has 0 unspecified atom stereocenters. The van der Waals surface area contributed by atoms with Crippen molar-refractivity contribution in [3.05, 3.63) is 60.2 Å². The zero-order chi connectivity index (χ0) is 21.2. The highest BCUT2D eigenvalue weighted by Crippen LogP contribution is 2.17. The van der Waals surface area contributed by atoms with Crippen molar-refractivity contribution in [3.8, 4) is 0 Å². The minimum atomic E-state index is -0.309. The van der Waals surface area contributed by atoms with Crippen molar-refractivity contribution < 1.29 is 14.4 Å². The van der Waals surface area contributed by atoms with Crippen molar-refractivity contribution in [3.63, 3.8) is 0 Å². The van der Waals surface area contributed by atoms with E-state index in [4.69, 9.17) is 0 Å². The molecular formula is C22H28N4O3. The van der Waals surface area contributed by atoms with Gasteiger partial charge in [-0.1, -0.05) is 37.3 Å². The van der Waals surface area contributed by atoms with Gasteiger partial charge in [0.15, 0.2) is 0 Å². The van der Waals surface area contributed by atoms with Gasteiger partial charge >= 0.3 is 0 Å². The Morgan fingerprint density at radius 3 is 2.14 bits per heavy atom. The molecule has 0 fully saturated rings. The minimum Gasteiger partial charge on any atom is -0.353 e. The Kier molecular flexibility index (Phi) is 8.36. The monoisotopic (exact) mass is 396 g/mol. The summed E-state index contributed by atoms with van der Waals surface area (Å²) in [5.74, 6) is -0.725. The summed E-state index contributed by atoms with van der Waals surface area (Å²) in [6, 6.07) is 16.0. The Morgan fingerprint density at radius 2 is 1.48 bits per heavy atom. The molecule has 3 N–H and O–H groups in total. The van der Waals surface area contributed by atoms with Gasteiger partial charge < -0.3 is 16.0 Å². The Balaban J connectivity index is 2.01. The van der Waals surface area contributed by atoms with Gasteiger partial charge in [-0.2, -0.15) is 0 Å². The first kappa shape index (κ1) is 22.1. The molecule has 0 spiro atoms. The summed E-state index contributed by atoms with van der Waals surface area (Å²) in [5, 5.41) is 8.41. The number of anilines is 2. The third-order valence-corrected chi connectivity index (χ3v) is 4.11. The lowest BCUT2D eigenvalue weighted by molar-refractivity contribution is -0.123. The second-order valence-corrected chi connectivity index (χ2v) is 6.94. The van der Waals surface area contributed by atoms with Gasteiger partial charge in [0.05, 0.1) is 24.3 Å². The zero-order valence-electron chi connectivity index (χ0n) is 17.1. The molecule has 0 aliphatic heterocycles. The Morgan fingerprint density at radius 1 is 0.862 bits per heavy atom. The molecule has 0 heterocycles. The molecule has 154 valence electrons. The van der Waals surface area contributed by atoms with E-state index in [9.17, 15) is 14.4 Å². The van der Waals surface area contributed by atoms with E-state index in [1.807, 2.05) is 39.0 Å². The summed E-state index contributed by atoms with van der Waals surface area (Å²) < 4.78 is 0. The van der Waals surface area contributed by atoms with Crippen LogP contribution in [0.4, 0.5) is 11.4 Å². The molecule has 7 nitrogen and oxygen atoms in total. The van der Waals surface area contributed by atoms with Crippen molar-refractivity contribution >= 4 is 29.1 Å². The molecule has 0 saturated carbocycles. The number of hydrogen-bond donors (Lipinski definition) is 3. The maximum absolute atomic E-state index is 12.6. The Hall–Kier alpha value is -3.19. The molecule has 0 aliphatic rings. The molecule has 0 radical (unpaired) electrons. The molecule has 3 amide bonds. The molecule has 29 heavy (non-hydrogen) atoms.